The van der Waals surface area contributed by atoms with Crippen LogP contribution < -0.4 is 0 Å². The number of hydrogen-bond donors (Lipinski definition) is 0. The number of carbonyl (C=O) groups excluding carboxylic acids is 2. The number of ether oxygens (including phenoxy) is 1. The number of furan rings is 1. The van der Waals surface area contributed by atoms with Crippen molar-refractivity contribution in [1.82, 2.24) is 9.80 Å². The van der Waals surface area contributed by atoms with Crippen LogP contribution in [0.3, 0.4) is 0 Å². The average Bonchev–Trinajstić information content (AvgIpc) is 3.16. The van der Waals surface area contributed by atoms with Gasteiger partial charge >= 0.3 is 0 Å². The molecule has 1 aromatic rings. The van der Waals surface area contributed by atoms with Gasteiger partial charge in [0.2, 0.25) is 5.91 Å². The predicted molar refractivity (Wildman–Crippen MR) is 93.3 cm³/mol. The lowest BCUT2D eigenvalue weighted by Crippen LogP contribution is -2.47. The first-order chi connectivity index (χ1) is 12.0. The number of hydrogen-bond acceptors (Lipinski definition) is 4. The third kappa shape index (κ3) is 3.32. The van der Waals surface area contributed by atoms with Crippen molar-refractivity contribution in [2.45, 2.75) is 33.6 Å². The van der Waals surface area contributed by atoms with Crippen LogP contribution in [0.25, 0.3) is 0 Å². The van der Waals surface area contributed by atoms with Gasteiger partial charge in [-0.15, -0.1) is 0 Å². The SMILES string of the molecule is CCOCC1C(=O)N(CC)CC12CCN(C(=O)c1ccc(C)o1)CC2. The van der Waals surface area contributed by atoms with E-state index in [1.54, 1.807) is 6.07 Å². The highest BCUT2D eigenvalue weighted by molar-refractivity contribution is 5.91. The molecule has 2 aliphatic heterocycles. The summed E-state index contributed by atoms with van der Waals surface area (Å²) >= 11 is 0. The molecule has 0 saturated carbocycles. The van der Waals surface area contributed by atoms with Gasteiger partial charge in [0.25, 0.3) is 5.91 Å². The van der Waals surface area contributed by atoms with Gasteiger partial charge in [-0.2, -0.15) is 0 Å². The second kappa shape index (κ2) is 7.20. The summed E-state index contributed by atoms with van der Waals surface area (Å²) in [6.45, 7) is 9.75. The van der Waals surface area contributed by atoms with E-state index in [2.05, 4.69) is 0 Å². The molecule has 1 unspecified atom stereocenters. The molecule has 2 amide bonds. The van der Waals surface area contributed by atoms with E-state index in [1.807, 2.05) is 36.6 Å². The zero-order valence-corrected chi connectivity index (χ0v) is 15.4. The maximum Gasteiger partial charge on any atom is 0.289 e. The van der Waals surface area contributed by atoms with Crippen LogP contribution in [0.1, 0.15) is 43.0 Å². The zero-order chi connectivity index (χ0) is 18.0. The smallest absolute Gasteiger partial charge is 0.289 e. The Morgan fingerprint density at radius 3 is 2.60 bits per heavy atom. The van der Waals surface area contributed by atoms with Crippen molar-refractivity contribution < 1.29 is 18.7 Å². The first kappa shape index (κ1) is 18.0. The molecule has 25 heavy (non-hydrogen) atoms. The minimum absolute atomic E-state index is 0.0546. The summed E-state index contributed by atoms with van der Waals surface area (Å²) in [5, 5.41) is 0. The molecule has 0 aliphatic carbocycles. The summed E-state index contributed by atoms with van der Waals surface area (Å²) in [5.74, 6) is 1.21. The van der Waals surface area contributed by atoms with E-state index in [0.29, 0.717) is 32.1 Å². The second-order valence-electron chi connectivity index (χ2n) is 7.13. The second-order valence-corrected chi connectivity index (χ2v) is 7.13. The lowest BCUT2D eigenvalue weighted by molar-refractivity contribution is -0.133. The Kier molecular flexibility index (Phi) is 5.18. The number of aryl methyl sites for hydroxylation is 1. The van der Waals surface area contributed by atoms with Gasteiger partial charge in [0.05, 0.1) is 12.5 Å². The fourth-order valence-corrected chi connectivity index (χ4v) is 4.17. The number of rotatable bonds is 5. The van der Waals surface area contributed by atoms with E-state index in [4.69, 9.17) is 9.15 Å². The van der Waals surface area contributed by atoms with E-state index in [-0.39, 0.29) is 23.1 Å². The Morgan fingerprint density at radius 2 is 2.04 bits per heavy atom. The van der Waals surface area contributed by atoms with E-state index in [1.165, 1.54) is 0 Å². The van der Waals surface area contributed by atoms with Gasteiger partial charge < -0.3 is 19.0 Å². The number of likely N-dealkylation sites (tertiary alicyclic amines) is 2. The van der Waals surface area contributed by atoms with E-state index < -0.39 is 0 Å². The van der Waals surface area contributed by atoms with E-state index in [0.717, 1.165) is 31.7 Å². The van der Waals surface area contributed by atoms with Crippen molar-refractivity contribution in [2.75, 3.05) is 39.4 Å². The van der Waals surface area contributed by atoms with E-state index in [9.17, 15) is 9.59 Å². The molecule has 0 aromatic carbocycles. The third-order valence-corrected chi connectivity index (χ3v) is 5.72. The number of carbonyl (C=O) groups is 2. The highest BCUT2D eigenvalue weighted by Crippen LogP contribution is 2.45. The number of piperidine rings is 1. The van der Waals surface area contributed by atoms with E-state index >= 15 is 0 Å². The molecule has 1 aromatic heterocycles. The Hall–Kier alpha value is -1.82. The molecule has 1 atom stereocenters. The van der Waals surface area contributed by atoms with Crippen molar-refractivity contribution >= 4 is 11.8 Å². The summed E-state index contributed by atoms with van der Waals surface area (Å²) in [5.41, 5.74) is -0.0713. The molecule has 2 saturated heterocycles. The molecule has 2 aliphatic rings. The van der Waals surface area contributed by atoms with Crippen LogP contribution in [0, 0.1) is 18.3 Å². The highest BCUT2D eigenvalue weighted by atomic mass is 16.5. The standard InChI is InChI=1S/C19H28N2O4/c1-4-20-13-19(15(17(20)22)12-24-5-2)8-10-21(11-9-19)18(23)16-7-6-14(3)25-16/h6-7,15H,4-5,8-13H2,1-3H3. The van der Waals surface area contributed by atoms with Crippen molar-refractivity contribution in [1.29, 1.82) is 0 Å². The monoisotopic (exact) mass is 348 g/mol. The normalized spacial score (nSPS) is 22.8. The van der Waals surface area contributed by atoms with Crippen molar-refractivity contribution in [3.05, 3.63) is 23.7 Å². The van der Waals surface area contributed by atoms with Crippen LogP contribution in [-0.4, -0.2) is 61.0 Å². The highest BCUT2D eigenvalue weighted by Gasteiger charge is 2.53. The molecule has 0 radical (unpaired) electrons. The molecule has 0 bridgehead atoms. The lowest BCUT2D eigenvalue weighted by atomic mass is 9.71. The maximum absolute atomic E-state index is 12.7. The largest absolute Gasteiger partial charge is 0.456 e. The molecule has 3 heterocycles. The van der Waals surface area contributed by atoms with Crippen molar-refractivity contribution in [2.24, 2.45) is 11.3 Å². The molecule has 6 nitrogen and oxygen atoms in total. The van der Waals surface area contributed by atoms with Crippen LogP contribution in [0.4, 0.5) is 0 Å². The lowest BCUT2D eigenvalue weighted by Gasteiger charge is -2.41. The van der Waals surface area contributed by atoms with Gasteiger partial charge in [-0.05, 0) is 45.7 Å². The van der Waals surface area contributed by atoms with Crippen LogP contribution >= 0.6 is 0 Å². The topological polar surface area (TPSA) is 63.0 Å². The molecule has 1 spiro atoms. The fourth-order valence-electron chi connectivity index (χ4n) is 4.17. The minimum atomic E-state index is -0.0875. The predicted octanol–water partition coefficient (Wildman–Crippen LogP) is 2.33. The number of amides is 2. The quantitative estimate of drug-likeness (QED) is 0.819. The summed E-state index contributed by atoms with van der Waals surface area (Å²) in [6.07, 6.45) is 1.66. The Morgan fingerprint density at radius 1 is 1.32 bits per heavy atom. The molecular formula is C19H28N2O4. The molecular weight excluding hydrogens is 320 g/mol. The molecule has 3 rings (SSSR count). The van der Waals surface area contributed by atoms with Gasteiger partial charge in [0, 0.05) is 38.2 Å². The van der Waals surface area contributed by atoms with Crippen LogP contribution in [0.5, 0.6) is 0 Å². The molecule has 0 N–H and O–H groups in total. The fraction of sp³-hybridized carbons (Fsp3) is 0.684. The van der Waals surface area contributed by atoms with Crippen LogP contribution in [0.2, 0.25) is 0 Å². The molecule has 6 heteroatoms. The Labute approximate surface area is 149 Å². The minimum Gasteiger partial charge on any atom is -0.456 e. The maximum atomic E-state index is 12.7. The van der Waals surface area contributed by atoms with Gasteiger partial charge in [-0.1, -0.05) is 0 Å². The van der Waals surface area contributed by atoms with Gasteiger partial charge in [-0.3, -0.25) is 9.59 Å². The van der Waals surface area contributed by atoms with Crippen LogP contribution in [0.15, 0.2) is 16.5 Å². The first-order valence-corrected chi connectivity index (χ1v) is 9.23. The molecule has 138 valence electrons. The Bertz CT molecular complexity index is 631. The van der Waals surface area contributed by atoms with Crippen molar-refractivity contribution in [3.8, 4) is 0 Å². The van der Waals surface area contributed by atoms with Crippen LogP contribution in [-0.2, 0) is 9.53 Å². The molecule has 2 fully saturated rings. The van der Waals surface area contributed by atoms with Gasteiger partial charge in [0.15, 0.2) is 5.76 Å². The summed E-state index contributed by atoms with van der Waals surface area (Å²) < 4.78 is 11.1. The summed E-state index contributed by atoms with van der Waals surface area (Å²) in [4.78, 5) is 29.1. The van der Waals surface area contributed by atoms with Crippen molar-refractivity contribution in [3.63, 3.8) is 0 Å². The number of nitrogens with zero attached hydrogens (tertiary/aromatic N) is 2. The van der Waals surface area contributed by atoms with Gasteiger partial charge in [0.1, 0.15) is 5.76 Å². The Balaban J connectivity index is 1.70. The average molecular weight is 348 g/mol. The van der Waals surface area contributed by atoms with Gasteiger partial charge in [-0.25, -0.2) is 0 Å². The summed E-state index contributed by atoms with van der Waals surface area (Å²) in [7, 11) is 0. The zero-order valence-electron chi connectivity index (χ0n) is 15.4. The summed E-state index contributed by atoms with van der Waals surface area (Å²) in [6, 6.07) is 3.55. The third-order valence-electron chi connectivity index (χ3n) is 5.72. The first-order valence-electron chi connectivity index (χ1n) is 9.23.